The molecule has 10 nitrogen and oxygen atoms in total. The number of rotatable bonds is 6. The maximum absolute atomic E-state index is 13.3. The predicted molar refractivity (Wildman–Crippen MR) is 121 cm³/mol. The zero-order valence-electron chi connectivity index (χ0n) is 18.2. The van der Waals surface area contributed by atoms with E-state index >= 15 is 0 Å². The van der Waals surface area contributed by atoms with Crippen molar-refractivity contribution >= 4 is 41.1 Å². The van der Waals surface area contributed by atoms with Gasteiger partial charge < -0.3 is 20.8 Å². The molecule has 1 aromatic carbocycles. The lowest BCUT2D eigenvalue weighted by molar-refractivity contribution is -0.151. The van der Waals surface area contributed by atoms with Crippen LogP contribution in [-0.2, 0) is 24.0 Å². The molecule has 3 atom stereocenters. The normalized spacial score (nSPS) is 22.9. The summed E-state index contributed by atoms with van der Waals surface area (Å²) in [6.07, 6.45) is 2.28. The Hall–Kier alpha value is -3.86. The molecule has 0 bridgehead atoms. The van der Waals surface area contributed by atoms with E-state index in [-0.39, 0.29) is 17.1 Å². The first-order valence-electron chi connectivity index (χ1n) is 10.3. The standard InChI is InChI=1S/C23H21N3O7S/c1-10-7-15(28)16(29)8-14(10)24-17(12-3-5-13(27)6-4-12)20(30)25-18-21(31)26-19(23(32)33)11(2)9-34-22(18)26/h3-8,17-18,22,24,27H,9H2,1-2H3,(H,25,30)(H,32,33)/t17-,18-,22-/m1/s1. The number of carboxylic acid groups (broad SMARTS) is 1. The van der Waals surface area contributed by atoms with Gasteiger partial charge in [-0.05, 0) is 48.8 Å². The van der Waals surface area contributed by atoms with Crippen LogP contribution in [0.15, 0.2) is 59.0 Å². The summed E-state index contributed by atoms with van der Waals surface area (Å²) in [4.78, 5) is 62.4. The summed E-state index contributed by atoms with van der Waals surface area (Å²) in [7, 11) is 0. The third kappa shape index (κ3) is 4.10. The number of fused-ring (bicyclic) bond motifs is 1. The zero-order chi connectivity index (χ0) is 24.7. The largest absolute Gasteiger partial charge is 0.508 e. The average molecular weight is 484 g/mol. The first-order chi connectivity index (χ1) is 16.1. The van der Waals surface area contributed by atoms with Crippen LogP contribution in [0.4, 0.5) is 0 Å². The van der Waals surface area contributed by atoms with Gasteiger partial charge in [0.05, 0.1) is 0 Å². The maximum atomic E-state index is 13.3. The van der Waals surface area contributed by atoms with Gasteiger partial charge in [0.2, 0.25) is 17.5 Å². The van der Waals surface area contributed by atoms with Gasteiger partial charge in [-0.3, -0.25) is 24.1 Å². The lowest BCUT2D eigenvalue weighted by Crippen LogP contribution is -2.71. The Bertz CT molecular complexity index is 1220. The van der Waals surface area contributed by atoms with Crippen LogP contribution in [0.1, 0.15) is 25.5 Å². The second-order valence-corrected chi connectivity index (χ2v) is 9.22. The number of amides is 2. The van der Waals surface area contributed by atoms with Crippen molar-refractivity contribution in [2.75, 3.05) is 5.75 Å². The number of nitrogens with one attached hydrogen (secondary N) is 2. The maximum Gasteiger partial charge on any atom is 0.352 e. The number of carbonyl (C=O) groups is 5. The summed E-state index contributed by atoms with van der Waals surface area (Å²) in [5.41, 5.74) is 1.68. The van der Waals surface area contributed by atoms with Gasteiger partial charge in [-0.25, -0.2) is 4.79 Å². The van der Waals surface area contributed by atoms with E-state index in [0.717, 1.165) is 6.08 Å². The van der Waals surface area contributed by atoms with Crippen molar-refractivity contribution in [2.24, 2.45) is 0 Å². The Morgan fingerprint density at radius 3 is 2.38 bits per heavy atom. The van der Waals surface area contributed by atoms with Gasteiger partial charge in [0.15, 0.2) is 0 Å². The molecule has 1 aliphatic carbocycles. The van der Waals surface area contributed by atoms with Gasteiger partial charge in [0.25, 0.3) is 5.91 Å². The zero-order valence-corrected chi connectivity index (χ0v) is 19.0. The minimum absolute atomic E-state index is 0.0107. The van der Waals surface area contributed by atoms with Gasteiger partial charge in [0, 0.05) is 17.5 Å². The molecule has 34 heavy (non-hydrogen) atoms. The second-order valence-electron chi connectivity index (χ2n) is 8.11. The van der Waals surface area contributed by atoms with Crippen molar-refractivity contribution in [3.05, 3.63) is 64.5 Å². The van der Waals surface area contributed by atoms with Crippen LogP contribution >= 0.6 is 11.8 Å². The molecule has 2 heterocycles. The minimum Gasteiger partial charge on any atom is -0.508 e. The predicted octanol–water partition coefficient (Wildman–Crippen LogP) is 0.763. The summed E-state index contributed by atoms with van der Waals surface area (Å²) in [5, 5.41) is 24.2. The van der Waals surface area contributed by atoms with Crippen molar-refractivity contribution in [3.63, 3.8) is 0 Å². The Kier molecular flexibility index (Phi) is 6.05. The molecule has 11 heteroatoms. The Morgan fingerprint density at radius 1 is 1.09 bits per heavy atom. The SMILES string of the molecule is CC1=CC(=O)C(=O)C=C1N[C@@H](C(=O)N[C@@H]1C(=O)N2C(C(=O)O)=C(C)CS[C@H]12)c1ccc(O)cc1. The number of allylic oxidation sites excluding steroid dienone is 3. The highest BCUT2D eigenvalue weighted by Crippen LogP contribution is 2.40. The molecule has 0 unspecified atom stereocenters. The Morgan fingerprint density at radius 2 is 1.74 bits per heavy atom. The summed E-state index contributed by atoms with van der Waals surface area (Å²) >= 11 is 1.36. The first kappa shape index (κ1) is 23.3. The highest BCUT2D eigenvalue weighted by atomic mass is 32.2. The topological polar surface area (TPSA) is 153 Å². The van der Waals surface area contributed by atoms with E-state index in [9.17, 15) is 34.2 Å². The summed E-state index contributed by atoms with van der Waals surface area (Å²) in [5.74, 6) is -3.31. The molecule has 3 aliphatic rings. The van der Waals surface area contributed by atoms with Gasteiger partial charge in [-0.2, -0.15) is 0 Å². The number of β-lactam (4-membered cyclic amide) rings is 1. The van der Waals surface area contributed by atoms with Crippen LogP contribution in [0.3, 0.4) is 0 Å². The molecule has 2 aliphatic heterocycles. The molecule has 4 rings (SSSR count). The summed E-state index contributed by atoms with van der Waals surface area (Å²) in [6, 6.07) is 3.82. The van der Waals surface area contributed by atoms with Crippen molar-refractivity contribution in [1.82, 2.24) is 15.5 Å². The smallest absolute Gasteiger partial charge is 0.352 e. The first-order valence-corrected chi connectivity index (χ1v) is 11.4. The molecule has 1 saturated heterocycles. The number of aliphatic carboxylic acids is 1. The third-order valence-corrected chi connectivity index (χ3v) is 7.16. The van der Waals surface area contributed by atoms with Crippen LogP contribution in [-0.4, -0.2) is 61.6 Å². The van der Waals surface area contributed by atoms with Crippen LogP contribution < -0.4 is 10.6 Å². The number of thioether (sulfide) groups is 1. The number of nitrogens with zero attached hydrogens (tertiary/aromatic N) is 1. The second kappa shape index (κ2) is 8.82. The fourth-order valence-electron chi connectivity index (χ4n) is 3.95. The fourth-order valence-corrected chi connectivity index (χ4v) is 5.24. The fraction of sp³-hybridized carbons (Fsp3) is 0.261. The molecule has 0 saturated carbocycles. The highest BCUT2D eigenvalue weighted by molar-refractivity contribution is 8.00. The van der Waals surface area contributed by atoms with Gasteiger partial charge in [-0.1, -0.05) is 12.1 Å². The molecule has 1 aromatic rings. The van der Waals surface area contributed by atoms with Crippen LogP contribution in [0.25, 0.3) is 0 Å². The van der Waals surface area contributed by atoms with Crippen molar-refractivity contribution in [1.29, 1.82) is 0 Å². The monoisotopic (exact) mass is 483 g/mol. The van der Waals surface area contributed by atoms with Crippen molar-refractivity contribution in [3.8, 4) is 5.75 Å². The van der Waals surface area contributed by atoms with E-state index in [1.165, 1.54) is 47.0 Å². The van der Waals surface area contributed by atoms with E-state index in [1.807, 2.05) is 0 Å². The molecule has 0 radical (unpaired) electrons. The van der Waals surface area contributed by atoms with Crippen LogP contribution in [0.5, 0.6) is 5.75 Å². The number of aromatic hydroxyl groups is 1. The van der Waals surface area contributed by atoms with Crippen LogP contribution in [0, 0.1) is 0 Å². The number of benzene rings is 1. The third-order valence-electron chi connectivity index (χ3n) is 5.74. The number of ketones is 2. The average Bonchev–Trinajstić information content (AvgIpc) is 2.79. The van der Waals surface area contributed by atoms with E-state index in [2.05, 4.69) is 10.6 Å². The van der Waals surface area contributed by atoms with E-state index in [4.69, 9.17) is 0 Å². The number of hydrogen-bond donors (Lipinski definition) is 4. The van der Waals surface area contributed by atoms with Crippen molar-refractivity contribution < 1.29 is 34.2 Å². The van der Waals surface area contributed by atoms with E-state index in [0.29, 0.717) is 22.5 Å². The molecular weight excluding hydrogens is 462 g/mol. The molecule has 2 amide bonds. The number of hydrogen-bond acceptors (Lipinski definition) is 8. The van der Waals surface area contributed by atoms with Crippen LogP contribution in [0.2, 0.25) is 0 Å². The minimum atomic E-state index is -1.20. The molecule has 1 fully saturated rings. The quantitative estimate of drug-likeness (QED) is 0.261. The number of carboxylic acids is 1. The lowest BCUT2D eigenvalue weighted by atomic mass is 9.98. The van der Waals surface area contributed by atoms with E-state index < -0.39 is 46.8 Å². The lowest BCUT2D eigenvalue weighted by Gasteiger charge is -2.49. The molecule has 176 valence electrons. The van der Waals surface area contributed by atoms with Gasteiger partial charge >= 0.3 is 5.97 Å². The van der Waals surface area contributed by atoms with E-state index in [1.54, 1.807) is 13.8 Å². The van der Waals surface area contributed by atoms with Gasteiger partial charge in [0.1, 0.15) is 28.9 Å². The number of phenols is 1. The number of carbonyl (C=O) groups excluding carboxylic acids is 4. The summed E-state index contributed by atoms with van der Waals surface area (Å²) in [6.45, 7) is 3.26. The molecule has 0 spiro atoms. The Balaban J connectivity index is 1.58. The molecule has 0 aromatic heterocycles. The molecular formula is C23H21N3O7S. The van der Waals surface area contributed by atoms with Gasteiger partial charge in [-0.15, -0.1) is 11.8 Å². The van der Waals surface area contributed by atoms with Crippen molar-refractivity contribution in [2.45, 2.75) is 31.3 Å². The number of phenolic OH excluding ortho intramolecular Hbond substituents is 1. The Labute approximate surface area is 198 Å². The highest BCUT2D eigenvalue weighted by Gasteiger charge is 2.54. The summed E-state index contributed by atoms with van der Waals surface area (Å²) < 4.78 is 0. The molecule has 4 N–H and O–H groups in total.